The van der Waals surface area contributed by atoms with Gasteiger partial charge < -0.3 is 10.4 Å². The van der Waals surface area contributed by atoms with E-state index >= 15 is 0 Å². The molecule has 0 aliphatic carbocycles. The molecule has 0 saturated heterocycles. The molecule has 6 heteroatoms. The summed E-state index contributed by atoms with van der Waals surface area (Å²) in [6, 6.07) is 7.52. The number of aliphatic hydroxyl groups is 1. The van der Waals surface area contributed by atoms with Crippen LogP contribution in [0.1, 0.15) is 25.1 Å². The summed E-state index contributed by atoms with van der Waals surface area (Å²) in [7, 11) is 0. The van der Waals surface area contributed by atoms with Crippen LogP contribution in [0.5, 0.6) is 0 Å². The van der Waals surface area contributed by atoms with Crippen molar-refractivity contribution in [1.82, 2.24) is 19.6 Å². The number of rotatable bonds is 4. The van der Waals surface area contributed by atoms with Crippen molar-refractivity contribution in [1.29, 1.82) is 0 Å². The highest BCUT2D eigenvalue weighted by Crippen LogP contribution is 2.22. The van der Waals surface area contributed by atoms with Crippen molar-refractivity contribution in [2.45, 2.75) is 26.0 Å². The molecule has 0 aliphatic heterocycles. The van der Waals surface area contributed by atoms with Crippen LogP contribution in [0.15, 0.2) is 42.9 Å². The Morgan fingerprint density at radius 2 is 2.14 bits per heavy atom. The molecule has 0 spiro atoms. The molecule has 6 nitrogen and oxygen atoms in total. The maximum Gasteiger partial charge on any atom is 0.157 e. The molecule has 0 saturated carbocycles. The smallest absolute Gasteiger partial charge is 0.157 e. The van der Waals surface area contributed by atoms with E-state index in [0.29, 0.717) is 17.9 Å². The first-order valence-electron chi connectivity index (χ1n) is 6.74. The number of fused-ring (bicyclic) bond motifs is 1. The molecule has 0 aromatic carbocycles. The van der Waals surface area contributed by atoms with Gasteiger partial charge in [0.25, 0.3) is 0 Å². The van der Waals surface area contributed by atoms with E-state index in [1.54, 1.807) is 30.8 Å². The molecule has 2 N–H and O–H groups in total. The van der Waals surface area contributed by atoms with E-state index in [4.69, 9.17) is 0 Å². The second-order valence-corrected chi connectivity index (χ2v) is 5.40. The molecule has 0 radical (unpaired) electrons. The van der Waals surface area contributed by atoms with Gasteiger partial charge in [-0.05, 0) is 25.5 Å². The highest BCUT2D eigenvalue weighted by molar-refractivity contribution is 5.50. The molecule has 3 aromatic heterocycles. The van der Waals surface area contributed by atoms with Gasteiger partial charge in [0.05, 0.1) is 11.9 Å². The average molecular weight is 283 g/mol. The highest BCUT2D eigenvalue weighted by Gasteiger charge is 2.20. The van der Waals surface area contributed by atoms with Crippen LogP contribution in [0.25, 0.3) is 5.65 Å². The SMILES string of the molecule is CC(C)(O)c1cc(NCc2cccnc2)n2nccc2n1. The summed E-state index contributed by atoms with van der Waals surface area (Å²) in [5.41, 5.74) is 1.36. The van der Waals surface area contributed by atoms with Crippen molar-refractivity contribution >= 4 is 11.5 Å². The molecular weight excluding hydrogens is 266 g/mol. The molecule has 0 aliphatic rings. The van der Waals surface area contributed by atoms with Crippen LogP contribution in [-0.4, -0.2) is 24.7 Å². The Kier molecular flexibility index (Phi) is 3.31. The molecule has 0 bridgehead atoms. The van der Waals surface area contributed by atoms with Crippen molar-refractivity contribution in [3.8, 4) is 0 Å². The number of pyridine rings is 1. The minimum Gasteiger partial charge on any atom is -0.384 e. The summed E-state index contributed by atoms with van der Waals surface area (Å²) in [5, 5.41) is 17.7. The summed E-state index contributed by atoms with van der Waals surface area (Å²) >= 11 is 0. The largest absolute Gasteiger partial charge is 0.384 e. The Bertz CT molecular complexity index is 746. The maximum atomic E-state index is 10.2. The molecule has 108 valence electrons. The van der Waals surface area contributed by atoms with Gasteiger partial charge >= 0.3 is 0 Å². The van der Waals surface area contributed by atoms with Crippen molar-refractivity contribution in [3.05, 3.63) is 54.1 Å². The number of nitrogens with zero attached hydrogens (tertiary/aromatic N) is 4. The van der Waals surface area contributed by atoms with Crippen LogP contribution in [-0.2, 0) is 12.1 Å². The Morgan fingerprint density at radius 1 is 1.29 bits per heavy atom. The van der Waals surface area contributed by atoms with E-state index in [2.05, 4.69) is 20.4 Å². The number of anilines is 1. The summed E-state index contributed by atoms with van der Waals surface area (Å²) in [4.78, 5) is 8.51. The summed E-state index contributed by atoms with van der Waals surface area (Å²) in [6.45, 7) is 4.05. The van der Waals surface area contributed by atoms with Gasteiger partial charge in [0, 0.05) is 31.1 Å². The zero-order chi connectivity index (χ0) is 14.9. The Balaban J connectivity index is 1.95. The third-order valence-corrected chi connectivity index (χ3v) is 3.18. The number of nitrogens with one attached hydrogen (secondary N) is 1. The summed E-state index contributed by atoms with van der Waals surface area (Å²) in [5.74, 6) is 0.783. The fourth-order valence-electron chi connectivity index (χ4n) is 2.05. The predicted octanol–water partition coefficient (Wildman–Crippen LogP) is 1.96. The van der Waals surface area contributed by atoms with Gasteiger partial charge in [-0.2, -0.15) is 9.61 Å². The third-order valence-electron chi connectivity index (χ3n) is 3.18. The molecule has 3 rings (SSSR count). The molecule has 0 atom stereocenters. The quantitative estimate of drug-likeness (QED) is 0.765. The van der Waals surface area contributed by atoms with Crippen molar-refractivity contribution in [3.63, 3.8) is 0 Å². The van der Waals surface area contributed by atoms with Crippen molar-refractivity contribution < 1.29 is 5.11 Å². The lowest BCUT2D eigenvalue weighted by molar-refractivity contribution is 0.0740. The van der Waals surface area contributed by atoms with Crippen LogP contribution in [0.4, 0.5) is 5.82 Å². The number of hydrogen-bond donors (Lipinski definition) is 2. The average Bonchev–Trinajstić information content (AvgIpc) is 2.93. The van der Waals surface area contributed by atoms with Crippen molar-refractivity contribution in [2.24, 2.45) is 0 Å². The second kappa shape index (κ2) is 5.14. The molecule has 21 heavy (non-hydrogen) atoms. The number of hydrogen-bond acceptors (Lipinski definition) is 5. The van der Waals surface area contributed by atoms with Crippen LogP contribution < -0.4 is 5.32 Å². The Hall–Kier alpha value is -2.47. The minimum atomic E-state index is -1.00. The number of aromatic nitrogens is 4. The first kappa shape index (κ1) is 13.5. The molecule has 0 amide bonds. The highest BCUT2D eigenvalue weighted by atomic mass is 16.3. The van der Waals surface area contributed by atoms with Gasteiger partial charge in [-0.3, -0.25) is 4.98 Å². The van der Waals surface area contributed by atoms with E-state index in [-0.39, 0.29) is 0 Å². The van der Waals surface area contributed by atoms with Gasteiger partial charge in [-0.15, -0.1) is 0 Å². The topological polar surface area (TPSA) is 75.3 Å². The lowest BCUT2D eigenvalue weighted by Gasteiger charge is -2.18. The predicted molar refractivity (Wildman–Crippen MR) is 79.8 cm³/mol. The zero-order valence-corrected chi connectivity index (χ0v) is 12.0. The van der Waals surface area contributed by atoms with E-state index in [0.717, 1.165) is 11.4 Å². The van der Waals surface area contributed by atoms with E-state index < -0.39 is 5.60 Å². The van der Waals surface area contributed by atoms with Crippen LogP contribution in [0.2, 0.25) is 0 Å². The standard InChI is InChI=1S/C15H17N5O/c1-15(2,21)12-8-14(20-13(19-12)5-7-18-20)17-10-11-4-3-6-16-9-11/h3-9,17,21H,10H2,1-2H3. The first-order chi connectivity index (χ1) is 10.0. The van der Waals surface area contributed by atoms with Crippen LogP contribution >= 0.6 is 0 Å². The van der Waals surface area contributed by atoms with Crippen molar-refractivity contribution in [2.75, 3.05) is 5.32 Å². The van der Waals surface area contributed by atoms with Gasteiger partial charge in [-0.1, -0.05) is 6.07 Å². The first-order valence-corrected chi connectivity index (χ1v) is 6.74. The lowest BCUT2D eigenvalue weighted by atomic mass is 10.1. The van der Waals surface area contributed by atoms with E-state index in [9.17, 15) is 5.11 Å². The normalized spacial score (nSPS) is 11.8. The van der Waals surface area contributed by atoms with Crippen LogP contribution in [0.3, 0.4) is 0 Å². The molecule has 0 unspecified atom stereocenters. The lowest BCUT2D eigenvalue weighted by Crippen LogP contribution is -2.19. The van der Waals surface area contributed by atoms with Gasteiger partial charge in [0.2, 0.25) is 0 Å². The van der Waals surface area contributed by atoms with Gasteiger partial charge in [0.1, 0.15) is 11.4 Å². The fourth-order valence-corrected chi connectivity index (χ4v) is 2.05. The minimum absolute atomic E-state index is 0.601. The third kappa shape index (κ3) is 2.85. The molecule has 3 aromatic rings. The molecule has 3 heterocycles. The monoisotopic (exact) mass is 283 g/mol. The summed E-state index contributed by atoms with van der Waals surface area (Å²) < 4.78 is 1.71. The fraction of sp³-hybridized carbons (Fsp3) is 0.267. The van der Waals surface area contributed by atoms with Gasteiger partial charge in [0.15, 0.2) is 5.65 Å². The maximum absolute atomic E-state index is 10.2. The molecule has 0 fully saturated rings. The molecular formula is C15H17N5O. The van der Waals surface area contributed by atoms with Crippen LogP contribution in [0, 0.1) is 0 Å². The second-order valence-electron chi connectivity index (χ2n) is 5.40. The van der Waals surface area contributed by atoms with Gasteiger partial charge in [-0.25, -0.2) is 4.98 Å². The Morgan fingerprint density at radius 3 is 2.86 bits per heavy atom. The Labute approximate surface area is 122 Å². The van der Waals surface area contributed by atoms with E-state index in [1.165, 1.54) is 0 Å². The summed E-state index contributed by atoms with van der Waals surface area (Å²) in [6.07, 6.45) is 5.24. The van der Waals surface area contributed by atoms with E-state index in [1.807, 2.05) is 30.5 Å². The zero-order valence-electron chi connectivity index (χ0n) is 12.0.